The van der Waals surface area contributed by atoms with Gasteiger partial charge in [-0.05, 0) is 13.8 Å². The van der Waals surface area contributed by atoms with E-state index in [9.17, 15) is 9.00 Å². The predicted octanol–water partition coefficient (Wildman–Crippen LogP) is -1.18. The summed E-state index contributed by atoms with van der Waals surface area (Å²) in [5.74, 6) is -0.0169. The summed E-state index contributed by atoms with van der Waals surface area (Å²) in [6.45, 7) is 5.86. The Bertz CT molecular complexity index is 265. The minimum Gasteiger partial charge on any atom is -0.354 e. The van der Waals surface area contributed by atoms with Crippen LogP contribution in [0.2, 0.25) is 0 Å². The molecule has 0 aromatic heterocycles. The minimum atomic E-state index is -0.888. The lowest BCUT2D eigenvalue weighted by Crippen LogP contribution is -2.59. The molecule has 0 spiro atoms. The molecule has 1 rings (SSSR count). The van der Waals surface area contributed by atoms with E-state index in [1.165, 1.54) is 0 Å². The topological polar surface area (TPSA) is 70.2 Å². The highest BCUT2D eigenvalue weighted by Gasteiger charge is 2.23. The summed E-state index contributed by atoms with van der Waals surface area (Å²) in [4.78, 5) is 11.7. The number of hydrogen-bond acceptors (Lipinski definition) is 4. The second-order valence-corrected chi connectivity index (χ2v) is 6.13. The van der Waals surface area contributed by atoms with E-state index in [1.807, 2.05) is 6.92 Å². The van der Waals surface area contributed by atoms with Gasteiger partial charge in [0.1, 0.15) is 0 Å². The number of nitrogens with one attached hydrogen (secondary N) is 3. The van der Waals surface area contributed by atoms with E-state index < -0.39 is 10.8 Å². The minimum absolute atomic E-state index is 0.000534. The van der Waals surface area contributed by atoms with Gasteiger partial charge in [0.05, 0.1) is 6.04 Å². The van der Waals surface area contributed by atoms with Gasteiger partial charge in [-0.2, -0.15) is 0 Å². The molecule has 1 fully saturated rings. The Balaban J connectivity index is 2.27. The van der Waals surface area contributed by atoms with Crippen molar-refractivity contribution in [2.24, 2.45) is 0 Å². The second kappa shape index (κ2) is 6.32. The van der Waals surface area contributed by atoms with Crippen LogP contribution in [0.1, 0.15) is 13.8 Å². The summed E-state index contributed by atoms with van der Waals surface area (Å²) in [5.41, 5.74) is 0. The average molecular weight is 247 g/mol. The van der Waals surface area contributed by atoms with Gasteiger partial charge in [0.25, 0.3) is 0 Å². The summed E-state index contributed by atoms with van der Waals surface area (Å²) >= 11 is 0. The molecule has 0 aromatic carbocycles. The summed E-state index contributed by atoms with van der Waals surface area (Å²) in [7, 11) is -0.888. The van der Waals surface area contributed by atoms with Crippen molar-refractivity contribution in [3.63, 3.8) is 0 Å². The Hall–Kier alpha value is -0.460. The molecule has 1 saturated heterocycles. The number of amides is 1. The highest BCUT2D eigenvalue weighted by Crippen LogP contribution is 1.94. The van der Waals surface area contributed by atoms with Gasteiger partial charge >= 0.3 is 0 Å². The Morgan fingerprint density at radius 2 is 2.19 bits per heavy atom. The molecule has 4 atom stereocenters. The van der Waals surface area contributed by atoms with Crippen LogP contribution in [0.5, 0.6) is 0 Å². The molecule has 4 unspecified atom stereocenters. The number of carbonyl (C=O) groups excluding carboxylic acids is 1. The van der Waals surface area contributed by atoms with Crippen LogP contribution in [0.25, 0.3) is 0 Å². The molecule has 0 saturated carbocycles. The summed E-state index contributed by atoms with van der Waals surface area (Å²) in [5, 5.41) is 9.22. The molecular formula is C10H21N3O2S. The van der Waals surface area contributed by atoms with Crippen molar-refractivity contribution in [3.8, 4) is 0 Å². The Morgan fingerprint density at radius 3 is 2.69 bits per heavy atom. The fourth-order valence-electron chi connectivity index (χ4n) is 1.45. The van der Waals surface area contributed by atoms with Crippen molar-refractivity contribution in [1.29, 1.82) is 0 Å². The SMILES string of the molecule is CC1CNC(C(=O)NCC(C)S(C)=O)CN1. The normalized spacial score (nSPS) is 29.4. The van der Waals surface area contributed by atoms with Crippen LogP contribution >= 0.6 is 0 Å². The van der Waals surface area contributed by atoms with E-state index in [0.717, 1.165) is 6.54 Å². The van der Waals surface area contributed by atoms with E-state index in [1.54, 1.807) is 6.26 Å². The lowest BCUT2D eigenvalue weighted by atomic mass is 10.1. The maximum Gasteiger partial charge on any atom is 0.238 e. The van der Waals surface area contributed by atoms with Crippen LogP contribution in [0.15, 0.2) is 0 Å². The Labute approximate surface area is 99.2 Å². The third-order valence-electron chi connectivity index (χ3n) is 2.79. The summed E-state index contributed by atoms with van der Waals surface area (Å²) in [6, 6.07) is 0.236. The standard InChI is InChI=1S/C10H21N3O2S/c1-7-4-12-9(6-11-7)10(14)13-5-8(2)16(3)15/h7-9,11-12H,4-6H2,1-3H3,(H,13,14). The third-order valence-corrected chi connectivity index (χ3v) is 4.09. The van der Waals surface area contributed by atoms with Crippen molar-refractivity contribution >= 4 is 16.7 Å². The van der Waals surface area contributed by atoms with Crippen molar-refractivity contribution in [1.82, 2.24) is 16.0 Å². The molecule has 94 valence electrons. The summed E-state index contributed by atoms with van der Waals surface area (Å²) in [6.07, 6.45) is 1.65. The molecule has 1 aliphatic heterocycles. The first-order chi connectivity index (χ1) is 7.50. The van der Waals surface area contributed by atoms with Gasteiger partial charge in [-0.25, -0.2) is 0 Å². The molecule has 6 heteroatoms. The molecule has 0 aliphatic carbocycles. The molecular weight excluding hydrogens is 226 g/mol. The van der Waals surface area contributed by atoms with Gasteiger partial charge in [-0.3, -0.25) is 9.00 Å². The highest BCUT2D eigenvalue weighted by molar-refractivity contribution is 7.84. The van der Waals surface area contributed by atoms with Crippen LogP contribution in [-0.4, -0.2) is 53.3 Å². The van der Waals surface area contributed by atoms with E-state index >= 15 is 0 Å². The largest absolute Gasteiger partial charge is 0.354 e. The summed E-state index contributed by atoms with van der Waals surface area (Å²) < 4.78 is 11.1. The molecule has 0 aromatic rings. The van der Waals surface area contributed by atoms with Crippen LogP contribution in [0.3, 0.4) is 0 Å². The average Bonchev–Trinajstić information content (AvgIpc) is 2.26. The zero-order chi connectivity index (χ0) is 12.1. The first kappa shape index (κ1) is 13.6. The van der Waals surface area contributed by atoms with Gasteiger partial charge in [0, 0.05) is 48.0 Å². The van der Waals surface area contributed by atoms with Gasteiger partial charge in [-0.1, -0.05) is 0 Å². The molecule has 3 N–H and O–H groups in total. The van der Waals surface area contributed by atoms with E-state index in [2.05, 4.69) is 22.9 Å². The van der Waals surface area contributed by atoms with Gasteiger partial charge in [0.15, 0.2) is 0 Å². The van der Waals surface area contributed by atoms with E-state index in [-0.39, 0.29) is 17.2 Å². The van der Waals surface area contributed by atoms with Crippen LogP contribution in [0, 0.1) is 0 Å². The monoisotopic (exact) mass is 247 g/mol. The van der Waals surface area contributed by atoms with Crippen molar-refractivity contribution in [2.45, 2.75) is 31.2 Å². The van der Waals surface area contributed by atoms with Gasteiger partial charge in [0.2, 0.25) is 5.91 Å². The maximum atomic E-state index is 11.7. The molecule has 0 bridgehead atoms. The lowest BCUT2D eigenvalue weighted by molar-refractivity contribution is -0.123. The Morgan fingerprint density at radius 1 is 1.50 bits per heavy atom. The van der Waals surface area contributed by atoms with Crippen molar-refractivity contribution < 1.29 is 9.00 Å². The number of rotatable bonds is 4. The van der Waals surface area contributed by atoms with Crippen molar-refractivity contribution in [2.75, 3.05) is 25.9 Å². The van der Waals surface area contributed by atoms with Crippen LogP contribution < -0.4 is 16.0 Å². The zero-order valence-electron chi connectivity index (χ0n) is 10.1. The smallest absolute Gasteiger partial charge is 0.238 e. The van der Waals surface area contributed by atoms with E-state index in [4.69, 9.17) is 0 Å². The van der Waals surface area contributed by atoms with E-state index in [0.29, 0.717) is 19.1 Å². The third kappa shape index (κ3) is 4.19. The van der Waals surface area contributed by atoms with Crippen molar-refractivity contribution in [3.05, 3.63) is 0 Å². The quantitative estimate of drug-likeness (QED) is 0.585. The zero-order valence-corrected chi connectivity index (χ0v) is 10.9. The molecule has 16 heavy (non-hydrogen) atoms. The van der Waals surface area contributed by atoms with Crippen LogP contribution in [-0.2, 0) is 15.6 Å². The number of carbonyl (C=O) groups is 1. The predicted molar refractivity (Wildman–Crippen MR) is 65.8 cm³/mol. The first-order valence-corrected chi connectivity index (χ1v) is 7.19. The van der Waals surface area contributed by atoms with Gasteiger partial charge in [-0.15, -0.1) is 0 Å². The van der Waals surface area contributed by atoms with Gasteiger partial charge < -0.3 is 16.0 Å². The molecule has 1 amide bonds. The lowest BCUT2D eigenvalue weighted by Gasteiger charge is -2.28. The Kier molecular flexibility index (Phi) is 5.37. The fraction of sp³-hybridized carbons (Fsp3) is 0.900. The number of hydrogen-bond donors (Lipinski definition) is 3. The fourth-order valence-corrected chi connectivity index (χ4v) is 1.77. The second-order valence-electron chi connectivity index (χ2n) is 4.32. The molecule has 1 aliphatic rings. The van der Waals surface area contributed by atoms with Crippen LogP contribution in [0.4, 0.5) is 0 Å². The molecule has 0 radical (unpaired) electrons. The molecule has 5 nitrogen and oxygen atoms in total. The molecule has 1 heterocycles. The number of piperazine rings is 1. The maximum absolute atomic E-state index is 11.7. The first-order valence-electron chi connectivity index (χ1n) is 5.57. The highest BCUT2D eigenvalue weighted by atomic mass is 32.2.